The van der Waals surface area contributed by atoms with Crippen LogP contribution in [0.3, 0.4) is 0 Å². The third kappa shape index (κ3) is 2.64. The van der Waals surface area contributed by atoms with Crippen LogP contribution in [0.4, 0.5) is 11.5 Å². The molecule has 1 aromatic heterocycles. The predicted octanol–water partition coefficient (Wildman–Crippen LogP) is 0.544. The van der Waals surface area contributed by atoms with Gasteiger partial charge >= 0.3 is 0 Å². The van der Waals surface area contributed by atoms with E-state index in [0.29, 0.717) is 5.82 Å². The summed E-state index contributed by atoms with van der Waals surface area (Å²) in [4.78, 5) is 17.9. The maximum Gasteiger partial charge on any atom is 0.276 e. The lowest BCUT2D eigenvalue weighted by atomic mass is 9.78. The predicted molar refractivity (Wildman–Crippen MR) is 72.6 cm³/mol. The first-order chi connectivity index (χ1) is 8.67. The van der Waals surface area contributed by atoms with E-state index < -0.39 is 0 Å². The molecule has 1 saturated heterocycles. The number of nitrogens with zero attached hydrogens (tertiary/aromatic N) is 1. The molecule has 6 nitrogen and oxygen atoms in total. The standard InChI is InChI=1S/C12H21N5O/c1-2-12(4-3-5-14-6-12)7-15-10-9(13)11(18)17-8-16-10/h8,14H,2-7,13H2,1H3,(H2,15,16,17,18). The lowest BCUT2D eigenvalue weighted by Gasteiger charge is -2.37. The van der Waals surface area contributed by atoms with E-state index in [2.05, 4.69) is 27.5 Å². The van der Waals surface area contributed by atoms with Crippen molar-refractivity contribution < 1.29 is 0 Å². The van der Waals surface area contributed by atoms with Gasteiger partial charge in [0, 0.05) is 13.1 Å². The van der Waals surface area contributed by atoms with Gasteiger partial charge in [0.25, 0.3) is 5.56 Å². The third-order valence-electron chi connectivity index (χ3n) is 3.83. The molecule has 1 atom stereocenters. The Morgan fingerprint density at radius 3 is 3.11 bits per heavy atom. The van der Waals surface area contributed by atoms with E-state index in [1.807, 2.05) is 0 Å². The Kier molecular flexibility index (Phi) is 3.86. The number of aromatic amines is 1. The van der Waals surface area contributed by atoms with Crippen molar-refractivity contribution in [3.8, 4) is 0 Å². The molecule has 1 unspecified atom stereocenters. The second-order valence-corrected chi connectivity index (χ2v) is 4.98. The van der Waals surface area contributed by atoms with E-state index in [4.69, 9.17) is 5.73 Å². The Hall–Kier alpha value is -1.56. The largest absolute Gasteiger partial charge is 0.391 e. The smallest absolute Gasteiger partial charge is 0.276 e. The first-order valence-corrected chi connectivity index (χ1v) is 6.45. The highest BCUT2D eigenvalue weighted by Crippen LogP contribution is 2.30. The van der Waals surface area contributed by atoms with E-state index >= 15 is 0 Å². The molecule has 18 heavy (non-hydrogen) atoms. The molecule has 0 bridgehead atoms. The Labute approximate surface area is 106 Å². The number of H-pyrrole nitrogens is 1. The lowest BCUT2D eigenvalue weighted by Crippen LogP contribution is -2.44. The van der Waals surface area contributed by atoms with Crippen molar-refractivity contribution in [3.05, 3.63) is 16.7 Å². The van der Waals surface area contributed by atoms with Gasteiger partial charge in [-0.15, -0.1) is 0 Å². The second kappa shape index (κ2) is 5.39. The van der Waals surface area contributed by atoms with Crippen molar-refractivity contribution in [1.82, 2.24) is 15.3 Å². The number of hydrogen-bond acceptors (Lipinski definition) is 5. The van der Waals surface area contributed by atoms with Gasteiger partial charge in [0.2, 0.25) is 0 Å². The Balaban J connectivity index is 2.05. The summed E-state index contributed by atoms with van der Waals surface area (Å²) < 4.78 is 0. The van der Waals surface area contributed by atoms with Gasteiger partial charge in [-0.05, 0) is 31.2 Å². The van der Waals surface area contributed by atoms with Gasteiger partial charge in [-0.1, -0.05) is 6.92 Å². The van der Waals surface area contributed by atoms with Crippen LogP contribution < -0.4 is 21.9 Å². The highest BCUT2D eigenvalue weighted by atomic mass is 16.1. The summed E-state index contributed by atoms with van der Waals surface area (Å²) in [7, 11) is 0. The number of aromatic nitrogens is 2. The van der Waals surface area contributed by atoms with Gasteiger partial charge in [-0.2, -0.15) is 0 Å². The van der Waals surface area contributed by atoms with Crippen LogP contribution in [-0.4, -0.2) is 29.6 Å². The van der Waals surface area contributed by atoms with Crippen molar-refractivity contribution in [3.63, 3.8) is 0 Å². The topological polar surface area (TPSA) is 95.8 Å². The summed E-state index contributed by atoms with van der Waals surface area (Å²) >= 11 is 0. The summed E-state index contributed by atoms with van der Waals surface area (Å²) in [5.74, 6) is 0.483. The quantitative estimate of drug-likeness (QED) is 0.626. The molecule has 6 heteroatoms. The minimum atomic E-state index is -0.292. The summed E-state index contributed by atoms with van der Waals surface area (Å²) in [5.41, 5.74) is 5.80. The fraction of sp³-hybridized carbons (Fsp3) is 0.667. The number of nitrogen functional groups attached to an aromatic ring is 1. The molecule has 2 rings (SSSR count). The van der Waals surface area contributed by atoms with Gasteiger partial charge in [0.15, 0.2) is 5.82 Å². The average molecular weight is 251 g/mol. The van der Waals surface area contributed by atoms with E-state index in [-0.39, 0.29) is 16.7 Å². The fourth-order valence-corrected chi connectivity index (χ4v) is 2.43. The lowest BCUT2D eigenvalue weighted by molar-refractivity contribution is 0.216. The van der Waals surface area contributed by atoms with Crippen LogP contribution >= 0.6 is 0 Å². The zero-order chi connectivity index (χ0) is 13.0. The molecule has 1 aliphatic rings. The third-order valence-corrected chi connectivity index (χ3v) is 3.83. The van der Waals surface area contributed by atoms with Gasteiger partial charge in [-0.3, -0.25) is 4.79 Å². The van der Waals surface area contributed by atoms with E-state index in [9.17, 15) is 4.79 Å². The summed E-state index contributed by atoms with van der Waals surface area (Å²) in [6.07, 6.45) is 4.84. The summed E-state index contributed by atoms with van der Waals surface area (Å²) in [6, 6.07) is 0. The van der Waals surface area contributed by atoms with E-state index in [0.717, 1.165) is 26.1 Å². The highest BCUT2D eigenvalue weighted by molar-refractivity contribution is 5.58. The van der Waals surface area contributed by atoms with Crippen molar-refractivity contribution >= 4 is 11.5 Å². The second-order valence-electron chi connectivity index (χ2n) is 4.98. The number of nitrogens with one attached hydrogen (secondary N) is 3. The molecule has 2 heterocycles. The van der Waals surface area contributed by atoms with E-state index in [1.54, 1.807) is 0 Å². The molecule has 0 saturated carbocycles. The molecule has 100 valence electrons. The zero-order valence-electron chi connectivity index (χ0n) is 10.8. The van der Waals surface area contributed by atoms with Crippen molar-refractivity contribution in [2.75, 3.05) is 30.7 Å². The molecule has 1 aliphatic heterocycles. The normalized spacial score (nSPS) is 23.8. The van der Waals surface area contributed by atoms with Crippen molar-refractivity contribution in [2.45, 2.75) is 26.2 Å². The Bertz CT molecular complexity index is 450. The number of anilines is 2. The number of rotatable bonds is 4. The number of hydrogen-bond donors (Lipinski definition) is 4. The van der Waals surface area contributed by atoms with Crippen LogP contribution in [0.25, 0.3) is 0 Å². The zero-order valence-corrected chi connectivity index (χ0v) is 10.8. The van der Waals surface area contributed by atoms with Crippen LogP contribution in [0.1, 0.15) is 26.2 Å². The number of nitrogens with two attached hydrogens (primary N) is 1. The molecule has 0 radical (unpaired) electrons. The number of piperidine rings is 1. The van der Waals surface area contributed by atoms with E-state index in [1.165, 1.54) is 19.2 Å². The van der Waals surface area contributed by atoms with Crippen LogP contribution in [-0.2, 0) is 0 Å². The average Bonchev–Trinajstić information content (AvgIpc) is 2.41. The van der Waals surface area contributed by atoms with Gasteiger partial charge in [-0.25, -0.2) is 4.98 Å². The molecule has 1 aromatic rings. The molecule has 1 fully saturated rings. The molecular formula is C12H21N5O. The van der Waals surface area contributed by atoms with Crippen molar-refractivity contribution in [1.29, 1.82) is 0 Å². The molecule has 5 N–H and O–H groups in total. The fourth-order valence-electron chi connectivity index (χ4n) is 2.43. The highest BCUT2D eigenvalue weighted by Gasteiger charge is 2.30. The summed E-state index contributed by atoms with van der Waals surface area (Å²) in [6.45, 7) is 5.08. The Morgan fingerprint density at radius 2 is 2.44 bits per heavy atom. The van der Waals surface area contributed by atoms with Gasteiger partial charge in [0.05, 0.1) is 6.33 Å². The van der Waals surface area contributed by atoms with Crippen molar-refractivity contribution in [2.24, 2.45) is 5.41 Å². The maximum atomic E-state index is 11.4. The van der Waals surface area contributed by atoms with Crippen LogP contribution in [0.15, 0.2) is 11.1 Å². The minimum Gasteiger partial charge on any atom is -0.391 e. The van der Waals surface area contributed by atoms with Crippen LogP contribution in [0, 0.1) is 5.41 Å². The summed E-state index contributed by atoms with van der Waals surface area (Å²) in [5, 5.41) is 6.65. The maximum absolute atomic E-state index is 11.4. The van der Waals surface area contributed by atoms with Crippen LogP contribution in [0.5, 0.6) is 0 Å². The SMILES string of the molecule is CCC1(CNc2nc[nH]c(=O)c2N)CCCNC1. The van der Waals surface area contributed by atoms with Crippen LogP contribution in [0.2, 0.25) is 0 Å². The van der Waals surface area contributed by atoms with Gasteiger partial charge < -0.3 is 21.4 Å². The first-order valence-electron chi connectivity index (χ1n) is 6.45. The first kappa shape index (κ1) is 12.9. The monoisotopic (exact) mass is 251 g/mol. The molecule has 0 spiro atoms. The molecular weight excluding hydrogens is 230 g/mol. The molecule has 0 aromatic carbocycles. The molecule has 0 aliphatic carbocycles. The van der Waals surface area contributed by atoms with Gasteiger partial charge in [0.1, 0.15) is 5.69 Å². The molecule has 0 amide bonds. The Morgan fingerprint density at radius 1 is 1.61 bits per heavy atom. The minimum absolute atomic E-state index is 0.160.